The molecule has 0 unspecified atom stereocenters. The zero-order valence-corrected chi connectivity index (χ0v) is 17.2. The fraction of sp³-hybridized carbons (Fsp3) is 0.350. The molecule has 0 radical (unpaired) electrons. The molecule has 1 aromatic heterocycles. The first-order valence-corrected chi connectivity index (χ1v) is 10.4. The molecular formula is C20H21FN4O4S. The van der Waals surface area contributed by atoms with E-state index in [2.05, 4.69) is 15.5 Å². The standard InChI is InChI=1S/C20H21FN4O4S/c1-2-16-23-18(29-24-16)5-3-4-17(26)22-10-11-25-19(27)15(30-20(25)28)12-13-6-8-14(21)9-7-13/h6-9,12H,2-5,10-11H2,1H3,(H,22,26)/b15-12-. The van der Waals surface area contributed by atoms with Gasteiger partial charge in [0.1, 0.15) is 5.82 Å². The van der Waals surface area contributed by atoms with Gasteiger partial charge in [-0.2, -0.15) is 4.98 Å². The van der Waals surface area contributed by atoms with E-state index in [-0.39, 0.29) is 36.1 Å². The van der Waals surface area contributed by atoms with E-state index in [4.69, 9.17) is 4.52 Å². The van der Waals surface area contributed by atoms with Crippen LogP contribution in [-0.2, 0) is 22.4 Å². The maximum atomic E-state index is 13.0. The molecule has 2 heterocycles. The number of aryl methyl sites for hydroxylation is 2. The molecule has 1 fully saturated rings. The molecular weight excluding hydrogens is 411 g/mol. The summed E-state index contributed by atoms with van der Waals surface area (Å²) in [5, 5.41) is 6.10. The number of halogens is 1. The predicted molar refractivity (Wildman–Crippen MR) is 109 cm³/mol. The van der Waals surface area contributed by atoms with Crippen molar-refractivity contribution >= 4 is 34.9 Å². The Bertz CT molecular complexity index is 958. The number of hydrogen-bond donors (Lipinski definition) is 1. The third-order valence-electron chi connectivity index (χ3n) is 4.32. The van der Waals surface area contributed by atoms with Crippen molar-refractivity contribution in [2.75, 3.05) is 13.1 Å². The van der Waals surface area contributed by atoms with Crippen molar-refractivity contribution in [3.63, 3.8) is 0 Å². The van der Waals surface area contributed by atoms with E-state index in [1.165, 1.54) is 24.3 Å². The van der Waals surface area contributed by atoms with Crippen molar-refractivity contribution in [3.05, 3.63) is 52.3 Å². The first-order valence-electron chi connectivity index (χ1n) is 9.55. The smallest absolute Gasteiger partial charge is 0.293 e. The maximum absolute atomic E-state index is 13.0. The van der Waals surface area contributed by atoms with Crippen LogP contribution in [0.2, 0.25) is 0 Å². The van der Waals surface area contributed by atoms with Crippen LogP contribution in [0.5, 0.6) is 0 Å². The summed E-state index contributed by atoms with van der Waals surface area (Å²) in [6.45, 7) is 2.18. The molecule has 0 saturated carbocycles. The van der Waals surface area contributed by atoms with Crippen LogP contribution in [0.1, 0.15) is 37.0 Å². The molecule has 158 valence electrons. The molecule has 1 aliphatic rings. The lowest BCUT2D eigenvalue weighted by Gasteiger charge is -2.12. The highest BCUT2D eigenvalue weighted by molar-refractivity contribution is 8.18. The molecule has 0 bridgehead atoms. The molecule has 1 aromatic carbocycles. The van der Waals surface area contributed by atoms with Crippen LogP contribution in [0.25, 0.3) is 6.08 Å². The number of aromatic nitrogens is 2. The number of hydrogen-bond acceptors (Lipinski definition) is 7. The quantitative estimate of drug-likeness (QED) is 0.607. The Hall–Kier alpha value is -3.01. The molecule has 3 amide bonds. The molecule has 1 saturated heterocycles. The second-order valence-electron chi connectivity index (χ2n) is 6.55. The minimum atomic E-state index is -0.424. The van der Waals surface area contributed by atoms with Crippen molar-refractivity contribution in [3.8, 4) is 0 Å². The molecule has 1 N–H and O–H groups in total. The van der Waals surface area contributed by atoms with Gasteiger partial charge >= 0.3 is 0 Å². The topological polar surface area (TPSA) is 105 Å². The van der Waals surface area contributed by atoms with Crippen LogP contribution in [0.15, 0.2) is 33.7 Å². The van der Waals surface area contributed by atoms with Gasteiger partial charge in [0.05, 0.1) is 4.91 Å². The Morgan fingerprint density at radius 1 is 1.30 bits per heavy atom. The van der Waals surface area contributed by atoms with Gasteiger partial charge in [-0.3, -0.25) is 19.3 Å². The molecule has 8 nitrogen and oxygen atoms in total. The minimum absolute atomic E-state index is 0.0840. The van der Waals surface area contributed by atoms with Crippen molar-refractivity contribution in [2.24, 2.45) is 0 Å². The van der Waals surface area contributed by atoms with Gasteiger partial charge in [0, 0.05) is 32.4 Å². The van der Waals surface area contributed by atoms with Crippen LogP contribution < -0.4 is 5.32 Å². The van der Waals surface area contributed by atoms with E-state index < -0.39 is 11.1 Å². The largest absolute Gasteiger partial charge is 0.354 e. The van der Waals surface area contributed by atoms with Crippen molar-refractivity contribution < 1.29 is 23.3 Å². The minimum Gasteiger partial charge on any atom is -0.354 e. The van der Waals surface area contributed by atoms with Crippen LogP contribution in [0.3, 0.4) is 0 Å². The normalized spacial score (nSPS) is 15.3. The van der Waals surface area contributed by atoms with Crippen LogP contribution in [0, 0.1) is 5.82 Å². The second-order valence-corrected chi connectivity index (χ2v) is 7.54. The van der Waals surface area contributed by atoms with Crippen molar-refractivity contribution in [2.45, 2.75) is 32.6 Å². The number of imide groups is 1. The van der Waals surface area contributed by atoms with Gasteiger partial charge in [0.25, 0.3) is 11.1 Å². The monoisotopic (exact) mass is 432 g/mol. The van der Waals surface area contributed by atoms with E-state index in [1.807, 2.05) is 6.92 Å². The number of carbonyl (C=O) groups is 3. The summed E-state index contributed by atoms with van der Waals surface area (Å²) in [5.41, 5.74) is 0.627. The van der Waals surface area contributed by atoms with Crippen molar-refractivity contribution in [1.82, 2.24) is 20.4 Å². The van der Waals surface area contributed by atoms with Crippen molar-refractivity contribution in [1.29, 1.82) is 0 Å². The first kappa shape index (κ1) is 21.7. The Morgan fingerprint density at radius 2 is 2.07 bits per heavy atom. The van der Waals surface area contributed by atoms with Crippen LogP contribution >= 0.6 is 11.8 Å². The number of thioether (sulfide) groups is 1. The first-order chi connectivity index (χ1) is 14.5. The third-order valence-corrected chi connectivity index (χ3v) is 5.23. The van der Waals surface area contributed by atoms with E-state index in [0.29, 0.717) is 36.5 Å². The average Bonchev–Trinajstić information content (AvgIpc) is 3.29. The van der Waals surface area contributed by atoms with Gasteiger partial charge in [-0.05, 0) is 42.0 Å². The lowest BCUT2D eigenvalue weighted by Crippen LogP contribution is -2.37. The van der Waals surface area contributed by atoms with Gasteiger partial charge in [-0.1, -0.05) is 24.2 Å². The van der Waals surface area contributed by atoms with Gasteiger partial charge in [0.2, 0.25) is 11.8 Å². The number of nitrogens with one attached hydrogen (secondary N) is 1. The SMILES string of the molecule is CCc1noc(CCCC(=O)NCCN2C(=O)S/C(=C\c3ccc(F)cc3)C2=O)n1. The molecule has 10 heteroatoms. The summed E-state index contributed by atoms with van der Waals surface area (Å²) < 4.78 is 18.1. The molecule has 3 rings (SSSR count). The number of rotatable bonds is 9. The Balaban J connectivity index is 1.41. The summed E-state index contributed by atoms with van der Waals surface area (Å²) in [5.74, 6) is 0.162. The zero-order chi connectivity index (χ0) is 21.5. The molecule has 2 aromatic rings. The molecule has 1 aliphatic heterocycles. The molecule has 0 spiro atoms. The predicted octanol–water partition coefficient (Wildman–Crippen LogP) is 2.95. The highest BCUT2D eigenvalue weighted by atomic mass is 32.2. The van der Waals surface area contributed by atoms with E-state index in [9.17, 15) is 18.8 Å². The highest BCUT2D eigenvalue weighted by Crippen LogP contribution is 2.31. The van der Waals surface area contributed by atoms with Crippen LogP contribution in [0.4, 0.5) is 9.18 Å². The van der Waals surface area contributed by atoms with Gasteiger partial charge in [-0.15, -0.1) is 0 Å². The summed E-state index contributed by atoms with van der Waals surface area (Å²) in [7, 11) is 0. The Morgan fingerprint density at radius 3 is 2.77 bits per heavy atom. The fourth-order valence-corrected chi connectivity index (χ4v) is 3.60. The number of nitrogens with zero attached hydrogens (tertiary/aromatic N) is 3. The summed E-state index contributed by atoms with van der Waals surface area (Å²) in [6, 6.07) is 5.63. The number of amides is 3. The summed E-state index contributed by atoms with van der Waals surface area (Å²) in [6.07, 6.45) is 3.58. The van der Waals surface area contributed by atoms with Crippen LogP contribution in [-0.4, -0.2) is 45.2 Å². The molecule has 0 atom stereocenters. The average molecular weight is 432 g/mol. The van der Waals surface area contributed by atoms with Gasteiger partial charge in [-0.25, -0.2) is 4.39 Å². The Labute approximate surface area is 176 Å². The zero-order valence-electron chi connectivity index (χ0n) is 16.4. The van der Waals surface area contributed by atoms with Gasteiger partial charge < -0.3 is 9.84 Å². The second kappa shape index (κ2) is 10.1. The lowest BCUT2D eigenvalue weighted by atomic mass is 10.2. The number of benzene rings is 1. The Kier molecular flexibility index (Phi) is 7.34. The summed E-state index contributed by atoms with van der Waals surface area (Å²) >= 11 is 0.824. The number of carbonyl (C=O) groups excluding carboxylic acids is 3. The fourth-order valence-electron chi connectivity index (χ4n) is 2.73. The summed E-state index contributed by atoms with van der Waals surface area (Å²) in [4.78, 5) is 42.0. The van der Waals surface area contributed by atoms with E-state index in [1.54, 1.807) is 6.08 Å². The lowest BCUT2D eigenvalue weighted by molar-refractivity contribution is -0.124. The highest BCUT2D eigenvalue weighted by Gasteiger charge is 2.34. The van der Waals surface area contributed by atoms with Gasteiger partial charge in [0.15, 0.2) is 5.82 Å². The molecule has 0 aliphatic carbocycles. The van der Waals surface area contributed by atoms with E-state index in [0.717, 1.165) is 16.7 Å². The van der Waals surface area contributed by atoms with E-state index >= 15 is 0 Å². The maximum Gasteiger partial charge on any atom is 0.293 e. The third kappa shape index (κ3) is 5.76. The molecule has 30 heavy (non-hydrogen) atoms.